The van der Waals surface area contributed by atoms with Gasteiger partial charge in [-0.15, -0.1) is 0 Å². The van der Waals surface area contributed by atoms with E-state index in [0.717, 1.165) is 57.8 Å². The van der Waals surface area contributed by atoms with Crippen LogP contribution < -0.4 is 4.90 Å². The topological polar surface area (TPSA) is 21.7 Å². The van der Waals surface area contributed by atoms with Crippen LogP contribution in [0.5, 0.6) is 0 Å². The molecular formula is C49H49NO2. The summed E-state index contributed by atoms with van der Waals surface area (Å²) in [5.41, 5.74) is 11.7. The van der Waals surface area contributed by atoms with Gasteiger partial charge in [0.2, 0.25) is 0 Å². The largest absolute Gasteiger partial charge is 0.494 e. The minimum absolute atomic E-state index is 0.123. The number of hydrogen-bond donors (Lipinski definition) is 0. The molecule has 2 aromatic carbocycles. The number of rotatable bonds is 3. The van der Waals surface area contributed by atoms with Gasteiger partial charge in [0.15, 0.2) is 0 Å². The van der Waals surface area contributed by atoms with E-state index in [1.165, 1.54) is 64.6 Å². The third-order valence-corrected chi connectivity index (χ3v) is 14.1. The molecule has 262 valence electrons. The normalized spacial score (nSPS) is 33.8. The summed E-state index contributed by atoms with van der Waals surface area (Å²) < 4.78 is 14.3. The molecule has 7 unspecified atom stereocenters. The van der Waals surface area contributed by atoms with Crippen molar-refractivity contribution in [3.63, 3.8) is 0 Å². The maximum atomic E-state index is 7.30. The second-order valence-electron chi connectivity index (χ2n) is 16.6. The molecule has 7 atom stereocenters. The van der Waals surface area contributed by atoms with E-state index >= 15 is 0 Å². The monoisotopic (exact) mass is 683 g/mol. The Hall–Kier alpha value is -4.50. The molecule has 9 aliphatic rings. The highest BCUT2D eigenvalue weighted by molar-refractivity contribution is 5.76. The molecule has 3 heterocycles. The Morgan fingerprint density at radius 3 is 2.52 bits per heavy atom. The zero-order chi connectivity index (χ0) is 34.2. The van der Waals surface area contributed by atoms with Gasteiger partial charge in [0.1, 0.15) is 17.6 Å². The standard InChI is InChI=1S/C49H49NO2/c1-3-13-32(14-4-1)33-25-28-47-42(29-33)49(39-18-8-11-21-45(39)51-47)40-19-9-12-22-46(40)52-48-31-35(24-27-41(48)49)34-23-26-38-37-17-7-10-20-43(37)50(44(38)30-34)36-15-5-2-6-16-36/h2-3,5-10,12-18,20,23,26,30,33,35,37,40,43,46H,1,4,11,19,21-22,24-25,27-29,31H2. The summed E-state index contributed by atoms with van der Waals surface area (Å²) in [6.45, 7) is 0. The molecule has 0 radical (unpaired) electrons. The lowest BCUT2D eigenvalue weighted by Crippen LogP contribution is -2.51. The number of benzene rings is 2. The lowest BCUT2D eigenvalue weighted by Gasteiger charge is -2.57. The number of hydrogen-bond acceptors (Lipinski definition) is 3. The summed E-state index contributed by atoms with van der Waals surface area (Å²) in [5, 5.41) is 0. The van der Waals surface area contributed by atoms with Gasteiger partial charge in [0.25, 0.3) is 0 Å². The van der Waals surface area contributed by atoms with Crippen molar-refractivity contribution in [3.05, 3.63) is 166 Å². The van der Waals surface area contributed by atoms with Crippen molar-refractivity contribution in [2.24, 2.45) is 17.3 Å². The Bertz CT molecular complexity index is 2100. The van der Waals surface area contributed by atoms with Crippen LogP contribution in [0.3, 0.4) is 0 Å². The fourth-order valence-corrected chi connectivity index (χ4v) is 11.8. The molecule has 1 spiro atoms. The van der Waals surface area contributed by atoms with Crippen molar-refractivity contribution in [3.8, 4) is 0 Å². The van der Waals surface area contributed by atoms with Crippen LogP contribution in [0, 0.1) is 17.3 Å². The summed E-state index contributed by atoms with van der Waals surface area (Å²) in [7, 11) is 0. The van der Waals surface area contributed by atoms with E-state index in [1.54, 1.807) is 16.7 Å². The van der Waals surface area contributed by atoms with Gasteiger partial charge in [0, 0.05) is 54.5 Å². The summed E-state index contributed by atoms with van der Waals surface area (Å²) >= 11 is 0. The number of anilines is 2. The maximum absolute atomic E-state index is 7.30. The van der Waals surface area contributed by atoms with E-state index in [9.17, 15) is 0 Å². The van der Waals surface area contributed by atoms with Crippen LogP contribution in [0.25, 0.3) is 0 Å². The van der Waals surface area contributed by atoms with E-state index in [4.69, 9.17) is 9.47 Å². The summed E-state index contributed by atoms with van der Waals surface area (Å²) in [4.78, 5) is 2.58. The molecule has 0 N–H and O–H groups in total. The quantitative estimate of drug-likeness (QED) is 0.301. The molecule has 0 fully saturated rings. The highest BCUT2D eigenvalue weighted by atomic mass is 16.5. The van der Waals surface area contributed by atoms with Crippen molar-refractivity contribution in [1.29, 1.82) is 0 Å². The third kappa shape index (κ3) is 4.63. The molecule has 3 aliphatic heterocycles. The van der Waals surface area contributed by atoms with Crippen LogP contribution in [0.2, 0.25) is 0 Å². The number of fused-ring (bicyclic) bond motifs is 8. The second-order valence-corrected chi connectivity index (χ2v) is 16.6. The molecule has 0 saturated heterocycles. The van der Waals surface area contributed by atoms with Gasteiger partial charge < -0.3 is 14.4 Å². The Morgan fingerprint density at radius 2 is 1.60 bits per heavy atom. The highest BCUT2D eigenvalue weighted by Crippen LogP contribution is 2.67. The third-order valence-electron chi connectivity index (χ3n) is 14.1. The molecule has 0 amide bonds. The molecule has 52 heavy (non-hydrogen) atoms. The van der Waals surface area contributed by atoms with E-state index in [-0.39, 0.29) is 11.5 Å². The van der Waals surface area contributed by atoms with Gasteiger partial charge in [0.05, 0.1) is 17.2 Å². The average molecular weight is 684 g/mol. The summed E-state index contributed by atoms with van der Waals surface area (Å²) in [6.07, 6.45) is 39.6. The first-order chi connectivity index (χ1) is 25.8. The van der Waals surface area contributed by atoms with Crippen LogP contribution in [-0.4, -0.2) is 12.1 Å². The molecule has 3 heteroatoms. The summed E-state index contributed by atoms with van der Waals surface area (Å²) in [5.74, 6) is 5.65. The molecular weight excluding hydrogens is 635 g/mol. The van der Waals surface area contributed by atoms with E-state index in [0.29, 0.717) is 29.7 Å². The second kappa shape index (κ2) is 12.3. The van der Waals surface area contributed by atoms with Gasteiger partial charge in [-0.3, -0.25) is 0 Å². The number of ether oxygens (including phenoxy) is 2. The van der Waals surface area contributed by atoms with Crippen LogP contribution in [0.1, 0.15) is 100 Å². The van der Waals surface area contributed by atoms with Crippen molar-refractivity contribution >= 4 is 11.4 Å². The minimum atomic E-state index is -0.123. The molecule has 11 rings (SSSR count). The Balaban J connectivity index is 1.02. The zero-order valence-electron chi connectivity index (χ0n) is 30.2. The van der Waals surface area contributed by atoms with Crippen LogP contribution >= 0.6 is 0 Å². The number of allylic oxidation sites excluding steroid dienone is 15. The lowest BCUT2D eigenvalue weighted by molar-refractivity contribution is -0.0181. The Kier molecular flexibility index (Phi) is 7.34. The maximum Gasteiger partial charge on any atom is 0.108 e. The smallest absolute Gasteiger partial charge is 0.108 e. The van der Waals surface area contributed by atoms with Gasteiger partial charge in [-0.05, 0) is 109 Å². The van der Waals surface area contributed by atoms with Crippen molar-refractivity contribution in [2.75, 3.05) is 4.90 Å². The van der Waals surface area contributed by atoms with Gasteiger partial charge >= 0.3 is 0 Å². The Labute approximate surface area is 309 Å². The van der Waals surface area contributed by atoms with Gasteiger partial charge in [-0.25, -0.2) is 0 Å². The first-order valence-corrected chi connectivity index (χ1v) is 20.3. The van der Waals surface area contributed by atoms with Crippen molar-refractivity contribution in [1.82, 2.24) is 0 Å². The SMILES string of the molecule is C1=CC2c3ccc(C4CCC5=C(C4)OC4CC=CCC4C54C5=C(CCC=C5)OC5=C4CC(C4=CCCC=C4)CC5)cc3N(c3ccccc3)C2C=C1. The fraction of sp³-hybridized carbons (Fsp3) is 0.388. The Morgan fingerprint density at radius 1 is 0.712 bits per heavy atom. The first kappa shape index (κ1) is 31.1. The van der Waals surface area contributed by atoms with E-state index in [1.807, 2.05) is 0 Å². The van der Waals surface area contributed by atoms with E-state index < -0.39 is 0 Å². The van der Waals surface area contributed by atoms with Gasteiger partial charge in [-0.1, -0.05) is 97.2 Å². The molecule has 6 aliphatic carbocycles. The van der Waals surface area contributed by atoms with Gasteiger partial charge in [-0.2, -0.15) is 0 Å². The molecule has 2 aromatic rings. The minimum Gasteiger partial charge on any atom is -0.494 e. The summed E-state index contributed by atoms with van der Waals surface area (Å²) in [6, 6.07) is 18.8. The van der Waals surface area contributed by atoms with Crippen molar-refractivity contribution < 1.29 is 9.47 Å². The predicted molar refractivity (Wildman–Crippen MR) is 210 cm³/mol. The van der Waals surface area contributed by atoms with E-state index in [2.05, 4.69) is 120 Å². The average Bonchev–Trinajstić information content (AvgIpc) is 3.55. The molecule has 0 aromatic heterocycles. The predicted octanol–water partition coefficient (Wildman–Crippen LogP) is 12.3. The van der Waals surface area contributed by atoms with Crippen LogP contribution in [0.4, 0.5) is 11.4 Å². The highest BCUT2D eigenvalue weighted by Gasteiger charge is 2.59. The van der Waals surface area contributed by atoms with Crippen LogP contribution in [-0.2, 0) is 9.47 Å². The fourth-order valence-electron chi connectivity index (χ4n) is 11.8. The molecule has 0 saturated carbocycles. The zero-order valence-corrected chi connectivity index (χ0v) is 30.2. The molecule has 0 bridgehead atoms. The van der Waals surface area contributed by atoms with Crippen LogP contribution in [0.15, 0.2) is 155 Å². The molecule has 3 nitrogen and oxygen atoms in total. The number of para-hydroxylation sites is 1. The van der Waals surface area contributed by atoms with Crippen molar-refractivity contribution in [2.45, 2.75) is 101 Å². The number of nitrogens with zero attached hydrogens (tertiary/aromatic N) is 1. The lowest BCUT2D eigenvalue weighted by atomic mass is 9.50. The first-order valence-electron chi connectivity index (χ1n) is 20.3.